The van der Waals surface area contributed by atoms with Crippen LogP contribution in [0, 0.1) is 13.8 Å². The van der Waals surface area contributed by atoms with Crippen molar-refractivity contribution >= 4 is 5.70 Å². The molecule has 3 nitrogen and oxygen atoms in total. The Bertz CT molecular complexity index is 606. The maximum absolute atomic E-state index is 12.5. The van der Waals surface area contributed by atoms with Gasteiger partial charge in [0.15, 0.2) is 0 Å². The highest BCUT2D eigenvalue weighted by atomic mass is 19.1. The molecule has 140 valence electrons. The molecule has 0 radical (unpaired) electrons. The zero-order valence-corrected chi connectivity index (χ0v) is 16.6. The standard InChI is InChI=1S/C17H21FN2O.2C2H6/c1-13(9-10-18)20-15(3)14(2)19-17(20)12-21-11-16-7-5-4-6-8-16;2*1-2/h4-8H,1,9-12H2,2-3H3;2*1-2H3. The number of aryl methyl sites for hydroxylation is 1. The lowest BCUT2D eigenvalue weighted by molar-refractivity contribution is 0.101. The normalized spacial score (nSPS) is 9.56. The predicted octanol–water partition coefficient (Wildman–Crippen LogP) is 6.10. The van der Waals surface area contributed by atoms with Crippen molar-refractivity contribution in [2.45, 2.75) is 61.2 Å². The maximum Gasteiger partial charge on any atom is 0.139 e. The minimum absolute atomic E-state index is 0.308. The van der Waals surface area contributed by atoms with Crippen molar-refractivity contribution in [3.05, 3.63) is 59.7 Å². The largest absolute Gasteiger partial charge is 0.369 e. The van der Waals surface area contributed by atoms with Gasteiger partial charge in [-0.2, -0.15) is 0 Å². The Balaban J connectivity index is 0.00000134. The highest BCUT2D eigenvalue weighted by Gasteiger charge is 2.13. The van der Waals surface area contributed by atoms with E-state index in [1.54, 1.807) is 0 Å². The van der Waals surface area contributed by atoms with Crippen LogP contribution in [0.1, 0.15) is 56.9 Å². The van der Waals surface area contributed by atoms with Gasteiger partial charge in [0.1, 0.15) is 12.4 Å². The monoisotopic (exact) mass is 348 g/mol. The quantitative estimate of drug-likeness (QED) is 0.604. The average Bonchev–Trinajstić information content (AvgIpc) is 2.94. The molecule has 0 bridgehead atoms. The molecule has 4 heteroatoms. The van der Waals surface area contributed by atoms with E-state index in [0.29, 0.717) is 25.3 Å². The first kappa shape index (κ1) is 23.1. The molecule has 1 aromatic carbocycles. The van der Waals surface area contributed by atoms with Crippen molar-refractivity contribution < 1.29 is 9.13 Å². The Hall–Kier alpha value is -1.94. The fraction of sp³-hybridized carbons (Fsp3) is 0.476. The van der Waals surface area contributed by atoms with Crippen molar-refractivity contribution in [3.8, 4) is 0 Å². The minimum atomic E-state index is -0.417. The Morgan fingerprint density at radius 2 is 1.68 bits per heavy atom. The molecule has 0 fully saturated rings. The van der Waals surface area contributed by atoms with Gasteiger partial charge >= 0.3 is 0 Å². The van der Waals surface area contributed by atoms with Crippen LogP contribution < -0.4 is 0 Å². The third kappa shape index (κ3) is 7.22. The maximum atomic E-state index is 12.5. The lowest BCUT2D eigenvalue weighted by Crippen LogP contribution is -2.07. The van der Waals surface area contributed by atoms with Gasteiger partial charge in [-0.15, -0.1) is 0 Å². The van der Waals surface area contributed by atoms with E-state index < -0.39 is 6.67 Å². The van der Waals surface area contributed by atoms with E-state index in [0.717, 1.165) is 22.8 Å². The molecule has 0 aliphatic rings. The molecule has 0 saturated carbocycles. The van der Waals surface area contributed by atoms with E-state index in [9.17, 15) is 4.39 Å². The average molecular weight is 349 g/mol. The number of rotatable bonds is 7. The summed E-state index contributed by atoms with van der Waals surface area (Å²) in [5, 5.41) is 0. The second-order valence-electron chi connectivity index (χ2n) is 5.02. The lowest BCUT2D eigenvalue weighted by atomic mass is 10.2. The van der Waals surface area contributed by atoms with Crippen LogP contribution >= 0.6 is 0 Å². The number of hydrogen-bond donors (Lipinski definition) is 0. The first-order valence-corrected chi connectivity index (χ1v) is 9.04. The van der Waals surface area contributed by atoms with Gasteiger partial charge in [0.2, 0.25) is 0 Å². The molecule has 0 aliphatic heterocycles. The molecule has 0 amide bonds. The van der Waals surface area contributed by atoms with E-state index in [4.69, 9.17) is 4.74 Å². The van der Waals surface area contributed by atoms with Crippen molar-refractivity contribution in [3.63, 3.8) is 0 Å². The van der Waals surface area contributed by atoms with Crippen LogP contribution in [0.3, 0.4) is 0 Å². The SMILES string of the molecule is C=C(CCF)n1c(COCc2ccccc2)nc(C)c1C.CC.CC. The third-order valence-electron chi connectivity index (χ3n) is 3.46. The summed E-state index contributed by atoms with van der Waals surface area (Å²) in [6, 6.07) is 9.98. The Morgan fingerprint density at radius 3 is 2.24 bits per heavy atom. The summed E-state index contributed by atoms with van der Waals surface area (Å²) in [6.45, 7) is 16.3. The number of ether oxygens (including phenoxy) is 1. The van der Waals surface area contributed by atoms with Gasteiger partial charge in [-0.1, -0.05) is 64.6 Å². The van der Waals surface area contributed by atoms with Crippen LogP contribution in [0.4, 0.5) is 4.39 Å². The number of aromatic nitrogens is 2. The molecular formula is C21H33FN2O. The van der Waals surface area contributed by atoms with Crippen molar-refractivity contribution in [2.24, 2.45) is 0 Å². The molecule has 0 atom stereocenters. The van der Waals surface area contributed by atoms with E-state index in [1.165, 1.54) is 0 Å². The molecule has 0 N–H and O–H groups in total. The van der Waals surface area contributed by atoms with Gasteiger partial charge in [0, 0.05) is 17.8 Å². The Morgan fingerprint density at radius 1 is 1.08 bits per heavy atom. The molecule has 0 unspecified atom stereocenters. The molecule has 0 saturated heterocycles. The number of alkyl halides is 1. The van der Waals surface area contributed by atoms with Crippen LogP contribution in [0.2, 0.25) is 0 Å². The summed E-state index contributed by atoms with van der Waals surface area (Å²) in [5.74, 6) is 0.777. The molecule has 1 aromatic heterocycles. The summed E-state index contributed by atoms with van der Waals surface area (Å²) in [5.41, 5.74) is 3.75. The molecule has 0 aliphatic carbocycles. The van der Waals surface area contributed by atoms with E-state index in [1.807, 2.05) is 76.4 Å². The third-order valence-corrected chi connectivity index (χ3v) is 3.46. The van der Waals surface area contributed by atoms with Crippen molar-refractivity contribution in [2.75, 3.05) is 6.67 Å². The first-order valence-electron chi connectivity index (χ1n) is 9.04. The minimum Gasteiger partial charge on any atom is -0.369 e. The van der Waals surface area contributed by atoms with Crippen LogP contribution in [-0.4, -0.2) is 16.2 Å². The second-order valence-corrected chi connectivity index (χ2v) is 5.02. The smallest absolute Gasteiger partial charge is 0.139 e. The Kier molecular flexibility index (Phi) is 12.3. The molecule has 1 heterocycles. The summed E-state index contributed by atoms with van der Waals surface area (Å²) >= 11 is 0. The number of nitrogens with zero attached hydrogens (tertiary/aromatic N) is 2. The molecule has 25 heavy (non-hydrogen) atoms. The lowest BCUT2D eigenvalue weighted by Gasteiger charge is -2.12. The van der Waals surface area contributed by atoms with Gasteiger partial charge < -0.3 is 9.30 Å². The van der Waals surface area contributed by atoms with Gasteiger partial charge in [-0.05, 0) is 19.4 Å². The number of allylic oxidation sites excluding steroid dienone is 1. The van der Waals surface area contributed by atoms with Crippen molar-refractivity contribution in [1.29, 1.82) is 0 Å². The highest BCUT2D eigenvalue weighted by molar-refractivity contribution is 5.45. The fourth-order valence-electron chi connectivity index (χ4n) is 2.25. The summed E-state index contributed by atoms with van der Waals surface area (Å²) in [6.07, 6.45) is 0.308. The van der Waals surface area contributed by atoms with Crippen molar-refractivity contribution in [1.82, 2.24) is 9.55 Å². The van der Waals surface area contributed by atoms with Gasteiger partial charge in [0.25, 0.3) is 0 Å². The number of halogens is 1. The molecule has 0 spiro atoms. The van der Waals surface area contributed by atoms with E-state index in [2.05, 4.69) is 11.6 Å². The van der Waals surface area contributed by atoms with Crippen LogP contribution in [0.15, 0.2) is 36.9 Å². The number of benzene rings is 1. The molecule has 2 aromatic rings. The van der Waals surface area contributed by atoms with Crippen LogP contribution in [0.25, 0.3) is 5.70 Å². The highest BCUT2D eigenvalue weighted by Crippen LogP contribution is 2.19. The van der Waals surface area contributed by atoms with Gasteiger partial charge in [-0.25, -0.2) is 4.98 Å². The van der Waals surface area contributed by atoms with Gasteiger partial charge in [-0.3, -0.25) is 4.39 Å². The van der Waals surface area contributed by atoms with E-state index >= 15 is 0 Å². The molecule has 2 rings (SSSR count). The summed E-state index contributed by atoms with van der Waals surface area (Å²) < 4.78 is 20.2. The summed E-state index contributed by atoms with van der Waals surface area (Å²) in [4.78, 5) is 4.50. The topological polar surface area (TPSA) is 27.1 Å². The second kappa shape index (κ2) is 13.4. The van der Waals surface area contributed by atoms with Crippen LogP contribution in [-0.2, 0) is 18.0 Å². The fourth-order valence-corrected chi connectivity index (χ4v) is 2.25. The zero-order chi connectivity index (χ0) is 19.2. The summed E-state index contributed by atoms with van der Waals surface area (Å²) in [7, 11) is 0. The van der Waals surface area contributed by atoms with E-state index in [-0.39, 0.29) is 0 Å². The van der Waals surface area contributed by atoms with Gasteiger partial charge in [0.05, 0.1) is 19.0 Å². The predicted molar refractivity (Wildman–Crippen MR) is 105 cm³/mol. The first-order chi connectivity index (χ1) is 12.1. The zero-order valence-electron chi connectivity index (χ0n) is 16.6. The number of hydrogen-bond acceptors (Lipinski definition) is 2. The number of imidazole rings is 1. The van der Waals surface area contributed by atoms with Crippen LogP contribution in [0.5, 0.6) is 0 Å². The Labute approximate surface area is 152 Å². The molecular weight excluding hydrogens is 315 g/mol.